The minimum Gasteiger partial charge on any atom is -0.477 e. The van der Waals surface area contributed by atoms with E-state index in [1.54, 1.807) is 6.07 Å². The molecule has 0 radical (unpaired) electrons. The number of nitrogens with zero attached hydrogens (tertiary/aromatic N) is 4. The summed E-state index contributed by atoms with van der Waals surface area (Å²) in [6.45, 7) is 0.577. The van der Waals surface area contributed by atoms with E-state index in [0.29, 0.717) is 42.0 Å². The maximum atomic E-state index is 12.8. The molecule has 0 saturated carbocycles. The number of ether oxygens (including phenoxy) is 2. The van der Waals surface area contributed by atoms with Gasteiger partial charge in [0.2, 0.25) is 0 Å². The molecule has 0 atom stereocenters. The van der Waals surface area contributed by atoms with Gasteiger partial charge in [0.25, 0.3) is 5.56 Å². The van der Waals surface area contributed by atoms with Crippen LogP contribution in [0.25, 0.3) is 22.3 Å². The first-order valence-electron chi connectivity index (χ1n) is 9.90. The van der Waals surface area contributed by atoms with Crippen molar-refractivity contribution in [2.24, 2.45) is 0 Å². The van der Waals surface area contributed by atoms with Crippen LogP contribution in [0.3, 0.4) is 0 Å². The topological polar surface area (TPSA) is 107 Å². The summed E-state index contributed by atoms with van der Waals surface area (Å²) in [5.74, 6) is -1.41. The lowest BCUT2D eigenvalue weighted by molar-refractivity contribution is -0.0500. The summed E-state index contributed by atoms with van der Waals surface area (Å²) in [5.41, 5.74) is 0.353. The second kappa shape index (κ2) is 9.37. The van der Waals surface area contributed by atoms with Gasteiger partial charge < -0.3 is 14.6 Å². The Morgan fingerprint density at radius 3 is 2.59 bits per heavy atom. The Bertz CT molecular complexity index is 1180. The largest absolute Gasteiger partial charge is 0.477 e. The number of alkyl halides is 2. The average Bonchev–Trinajstić information content (AvgIpc) is 2.78. The van der Waals surface area contributed by atoms with Gasteiger partial charge in [0.15, 0.2) is 0 Å². The lowest BCUT2D eigenvalue weighted by Gasteiger charge is -2.26. The number of fused-ring (bicyclic) bond motifs is 1. The SMILES string of the molecule is O=C(O)c1cc2cc(-c3ccc(OC(F)F)cn3)cnc2n(CCN2CCOCC2)c1=O. The van der Waals surface area contributed by atoms with Crippen molar-refractivity contribution in [3.05, 3.63) is 52.6 Å². The van der Waals surface area contributed by atoms with Gasteiger partial charge in [-0.15, -0.1) is 0 Å². The summed E-state index contributed by atoms with van der Waals surface area (Å²) in [4.78, 5) is 35.1. The van der Waals surface area contributed by atoms with Crippen LogP contribution >= 0.6 is 0 Å². The fourth-order valence-electron chi connectivity index (χ4n) is 3.56. The summed E-state index contributed by atoms with van der Waals surface area (Å²) in [6, 6.07) is 5.79. The first kappa shape index (κ1) is 21.8. The maximum absolute atomic E-state index is 12.8. The van der Waals surface area contributed by atoms with Gasteiger partial charge in [-0.2, -0.15) is 8.78 Å². The Hall–Kier alpha value is -3.44. The summed E-state index contributed by atoms with van der Waals surface area (Å²) >= 11 is 0. The standard InChI is InChI=1S/C21H20F2N4O5/c22-21(23)32-15-1-2-17(24-12-15)14-9-13-10-16(20(29)30)19(28)27(18(13)25-11-14)4-3-26-5-7-31-8-6-26/h1-2,9-12,21H,3-8H2,(H,29,30). The lowest BCUT2D eigenvalue weighted by atomic mass is 10.1. The molecule has 4 heterocycles. The van der Waals surface area contributed by atoms with Gasteiger partial charge in [0, 0.05) is 43.3 Å². The fraction of sp³-hybridized carbons (Fsp3) is 0.333. The van der Waals surface area contributed by atoms with E-state index in [1.807, 2.05) is 0 Å². The molecule has 168 valence electrons. The predicted octanol–water partition coefficient (Wildman–Crippen LogP) is 2.09. The number of carboxylic acid groups (broad SMARTS) is 1. The first-order valence-corrected chi connectivity index (χ1v) is 9.90. The third kappa shape index (κ3) is 4.73. The molecule has 0 aromatic carbocycles. The smallest absolute Gasteiger partial charge is 0.387 e. The minimum absolute atomic E-state index is 0.0809. The Labute approximate surface area is 180 Å². The summed E-state index contributed by atoms with van der Waals surface area (Å²) in [5, 5.41) is 9.96. The molecule has 1 aliphatic rings. The molecular weight excluding hydrogens is 426 g/mol. The molecule has 1 saturated heterocycles. The molecule has 9 nitrogen and oxygen atoms in total. The number of carboxylic acids is 1. The highest BCUT2D eigenvalue weighted by molar-refractivity contribution is 5.92. The second-order valence-corrected chi connectivity index (χ2v) is 7.17. The minimum atomic E-state index is -2.95. The van der Waals surface area contributed by atoms with Crippen LogP contribution < -0.4 is 10.3 Å². The van der Waals surface area contributed by atoms with E-state index >= 15 is 0 Å². The Morgan fingerprint density at radius 1 is 1.16 bits per heavy atom. The molecule has 11 heteroatoms. The van der Waals surface area contributed by atoms with Gasteiger partial charge in [-0.3, -0.25) is 19.2 Å². The molecule has 0 spiro atoms. The highest BCUT2D eigenvalue weighted by atomic mass is 19.3. The fourth-order valence-corrected chi connectivity index (χ4v) is 3.56. The van der Waals surface area contributed by atoms with Gasteiger partial charge >= 0.3 is 12.6 Å². The lowest BCUT2D eigenvalue weighted by Crippen LogP contribution is -2.39. The number of rotatable bonds is 7. The van der Waals surface area contributed by atoms with Crippen molar-refractivity contribution in [1.82, 2.24) is 19.4 Å². The number of morpholine rings is 1. The summed E-state index contributed by atoms with van der Waals surface area (Å²) in [6.07, 6.45) is 2.67. The van der Waals surface area contributed by atoms with Gasteiger partial charge in [-0.1, -0.05) is 0 Å². The van der Waals surface area contributed by atoms with E-state index < -0.39 is 18.1 Å². The average molecular weight is 446 g/mol. The number of halogens is 2. The Kier molecular flexibility index (Phi) is 6.37. The predicted molar refractivity (Wildman–Crippen MR) is 110 cm³/mol. The highest BCUT2D eigenvalue weighted by Crippen LogP contribution is 2.23. The van der Waals surface area contributed by atoms with Gasteiger partial charge in [-0.25, -0.2) is 9.78 Å². The van der Waals surface area contributed by atoms with E-state index in [1.165, 1.54) is 29.0 Å². The quantitative estimate of drug-likeness (QED) is 0.588. The molecule has 1 N–H and O–H groups in total. The van der Waals surface area contributed by atoms with Crippen molar-refractivity contribution in [1.29, 1.82) is 0 Å². The van der Waals surface area contributed by atoms with Crippen LogP contribution in [0.15, 0.2) is 41.5 Å². The van der Waals surface area contributed by atoms with Gasteiger partial charge in [-0.05, 0) is 24.3 Å². The van der Waals surface area contributed by atoms with E-state index in [2.05, 4.69) is 19.6 Å². The van der Waals surface area contributed by atoms with Crippen LogP contribution in [0.1, 0.15) is 10.4 Å². The number of hydrogen-bond donors (Lipinski definition) is 1. The maximum Gasteiger partial charge on any atom is 0.387 e. The van der Waals surface area contributed by atoms with E-state index in [0.717, 1.165) is 19.3 Å². The van der Waals surface area contributed by atoms with Crippen molar-refractivity contribution in [3.63, 3.8) is 0 Å². The van der Waals surface area contributed by atoms with E-state index in [4.69, 9.17) is 4.74 Å². The third-order valence-electron chi connectivity index (χ3n) is 5.16. The van der Waals surface area contributed by atoms with Gasteiger partial charge in [0.1, 0.15) is 17.0 Å². The molecule has 4 rings (SSSR count). The van der Waals surface area contributed by atoms with Crippen molar-refractivity contribution in [3.8, 4) is 17.0 Å². The van der Waals surface area contributed by atoms with Crippen LogP contribution in [-0.2, 0) is 11.3 Å². The molecular formula is C21H20F2N4O5. The zero-order valence-electron chi connectivity index (χ0n) is 16.9. The van der Waals surface area contributed by atoms with E-state index in [-0.39, 0.29) is 17.9 Å². The number of aromatic nitrogens is 3. The number of carbonyl (C=O) groups is 1. The molecule has 0 aliphatic carbocycles. The molecule has 0 bridgehead atoms. The van der Waals surface area contributed by atoms with Crippen LogP contribution in [0.4, 0.5) is 8.78 Å². The van der Waals surface area contributed by atoms with E-state index in [9.17, 15) is 23.5 Å². The molecule has 1 fully saturated rings. The molecule has 0 unspecified atom stereocenters. The van der Waals surface area contributed by atoms with Crippen LogP contribution in [0.5, 0.6) is 5.75 Å². The number of pyridine rings is 3. The van der Waals surface area contributed by atoms with Crippen LogP contribution in [-0.4, -0.2) is 70.0 Å². The van der Waals surface area contributed by atoms with Crippen molar-refractivity contribution in [2.75, 3.05) is 32.8 Å². The monoisotopic (exact) mass is 446 g/mol. The Morgan fingerprint density at radius 2 is 1.94 bits per heavy atom. The highest BCUT2D eigenvalue weighted by Gasteiger charge is 2.18. The zero-order valence-corrected chi connectivity index (χ0v) is 16.9. The molecule has 3 aromatic rings. The molecule has 1 aliphatic heterocycles. The van der Waals surface area contributed by atoms with Crippen molar-refractivity contribution in [2.45, 2.75) is 13.2 Å². The molecule has 3 aromatic heterocycles. The summed E-state index contributed by atoms with van der Waals surface area (Å²) in [7, 11) is 0. The normalized spacial score (nSPS) is 14.7. The first-order chi connectivity index (χ1) is 15.4. The third-order valence-corrected chi connectivity index (χ3v) is 5.16. The van der Waals surface area contributed by atoms with Crippen LogP contribution in [0, 0.1) is 0 Å². The molecule has 32 heavy (non-hydrogen) atoms. The van der Waals surface area contributed by atoms with Crippen LogP contribution in [0.2, 0.25) is 0 Å². The second-order valence-electron chi connectivity index (χ2n) is 7.17. The van der Waals surface area contributed by atoms with Gasteiger partial charge in [0.05, 0.1) is 25.1 Å². The zero-order chi connectivity index (χ0) is 22.7. The number of aromatic carboxylic acids is 1. The van der Waals surface area contributed by atoms with Crippen molar-refractivity contribution < 1.29 is 28.2 Å². The summed E-state index contributed by atoms with van der Waals surface area (Å²) < 4.78 is 35.6. The molecule has 0 amide bonds. The number of hydrogen-bond acceptors (Lipinski definition) is 7. The Balaban J connectivity index is 1.69. The van der Waals surface area contributed by atoms with Crippen molar-refractivity contribution >= 4 is 17.0 Å².